The largest absolute Gasteiger partial charge is 0.495 e. The molecule has 0 atom stereocenters. The molecule has 94 valence electrons. The molecule has 0 aromatic heterocycles. The van der Waals surface area contributed by atoms with E-state index in [0.29, 0.717) is 4.90 Å². The van der Waals surface area contributed by atoms with E-state index in [1.165, 1.54) is 19.2 Å². The van der Waals surface area contributed by atoms with Crippen molar-refractivity contribution < 1.29 is 24.0 Å². The molecule has 0 N–H and O–H groups in total. The molecule has 0 radical (unpaired) electrons. The van der Waals surface area contributed by atoms with Gasteiger partial charge in [-0.3, -0.25) is 14.9 Å². The molecule has 1 heterocycles. The van der Waals surface area contributed by atoms with Crippen molar-refractivity contribution in [2.24, 2.45) is 0 Å². The summed E-state index contributed by atoms with van der Waals surface area (Å²) >= 11 is 0. The highest BCUT2D eigenvalue weighted by Gasteiger charge is 2.35. The molecule has 2 rings (SSSR count). The lowest BCUT2D eigenvalue weighted by Gasteiger charge is -2.14. The Balaban J connectivity index is 2.53. The number of ether oxygens (including phenoxy) is 2. The summed E-state index contributed by atoms with van der Waals surface area (Å²) in [4.78, 5) is 33.6. The number of methoxy groups -OCH3 is 1. The number of rotatable bonds is 3. The molecule has 0 bridgehead atoms. The van der Waals surface area contributed by atoms with Crippen molar-refractivity contribution in [3.05, 3.63) is 28.3 Å². The lowest BCUT2D eigenvalue weighted by molar-refractivity contribution is -0.384. The first-order valence-electron chi connectivity index (χ1n) is 4.86. The Morgan fingerprint density at radius 3 is 2.67 bits per heavy atom. The molecule has 0 saturated carbocycles. The van der Waals surface area contributed by atoms with Crippen LogP contribution >= 0.6 is 0 Å². The fraction of sp³-hybridized carbons (Fsp3) is 0.200. The van der Waals surface area contributed by atoms with Gasteiger partial charge in [-0.25, -0.2) is 9.69 Å². The van der Waals surface area contributed by atoms with Crippen molar-refractivity contribution in [2.45, 2.75) is 0 Å². The fourth-order valence-corrected chi connectivity index (χ4v) is 1.55. The average molecular weight is 252 g/mol. The highest BCUT2D eigenvalue weighted by molar-refractivity contribution is 6.17. The van der Waals surface area contributed by atoms with Crippen LogP contribution in [0.3, 0.4) is 0 Å². The molecule has 18 heavy (non-hydrogen) atoms. The normalized spacial score (nSPS) is 14.6. The first kappa shape index (κ1) is 11.8. The maximum Gasteiger partial charge on any atom is 0.421 e. The lowest BCUT2D eigenvalue weighted by atomic mass is 10.2. The van der Waals surface area contributed by atoms with Crippen molar-refractivity contribution in [1.82, 2.24) is 0 Å². The summed E-state index contributed by atoms with van der Waals surface area (Å²) in [5.74, 6) is -0.424. The first-order chi connectivity index (χ1) is 8.54. The Bertz CT molecular complexity index is 525. The van der Waals surface area contributed by atoms with Gasteiger partial charge < -0.3 is 9.47 Å². The maximum atomic E-state index is 11.5. The third kappa shape index (κ3) is 1.83. The van der Waals surface area contributed by atoms with Crippen molar-refractivity contribution in [3.63, 3.8) is 0 Å². The second-order valence-electron chi connectivity index (χ2n) is 3.40. The van der Waals surface area contributed by atoms with Crippen molar-refractivity contribution >= 4 is 23.4 Å². The van der Waals surface area contributed by atoms with Gasteiger partial charge in [0.15, 0.2) is 6.61 Å². The number of nitro benzene ring substituents is 1. The van der Waals surface area contributed by atoms with Gasteiger partial charge in [0.1, 0.15) is 11.4 Å². The smallest absolute Gasteiger partial charge is 0.421 e. The van der Waals surface area contributed by atoms with Gasteiger partial charge in [0.2, 0.25) is 0 Å². The molecule has 1 aliphatic rings. The molecular formula is C10H8N2O6. The molecule has 0 aliphatic carbocycles. The van der Waals surface area contributed by atoms with Gasteiger partial charge in [-0.1, -0.05) is 0 Å². The highest BCUT2D eigenvalue weighted by Crippen LogP contribution is 2.34. The van der Waals surface area contributed by atoms with Crippen LogP contribution in [-0.2, 0) is 9.53 Å². The van der Waals surface area contributed by atoms with E-state index in [9.17, 15) is 19.7 Å². The zero-order valence-corrected chi connectivity index (χ0v) is 9.28. The quantitative estimate of drug-likeness (QED) is 0.589. The van der Waals surface area contributed by atoms with Crippen molar-refractivity contribution in [3.8, 4) is 5.75 Å². The molecule has 1 fully saturated rings. The van der Waals surface area contributed by atoms with Crippen LogP contribution in [0.2, 0.25) is 0 Å². The van der Waals surface area contributed by atoms with Crippen LogP contribution in [-0.4, -0.2) is 30.6 Å². The van der Waals surface area contributed by atoms with Crippen LogP contribution in [0, 0.1) is 10.1 Å². The Hall–Kier alpha value is -2.64. The van der Waals surface area contributed by atoms with Gasteiger partial charge in [-0.2, -0.15) is 0 Å². The summed E-state index contributed by atoms with van der Waals surface area (Å²) < 4.78 is 9.51. The number of anilines is 1. The summed E-state index contributed by atoms with van der Waals surface area (Å²) in [5.41, 5.74) is -0.252. The van der Waals surface area contributed by atoms with Crippen LogP contribution < -0.4 is 9.64 Å². The van der Waals surface area contributed by atoms with Crippen molar-refractivity contribution in [2.75, 3.05) is 18.6 Å². The molecule has 1 aromatic rings. The van der Waals surface area contributed by atoms with E-state index in [4.69, 9.17) is 4.74 Å². The SMILES string of the molecule is COc1ccc([N+](=O)[O-])cc1N1C(=O)COC1=O. The van der Waals surface area contributed by atoms with Gasteiger partial charge >= 0.3 is 6.09 Å². The number of amides is 2. The van der Waals surface area contributed by atoms with Crippen LogP contribution in [0.1, 0.15) is 0 Å². The summed E-state index contributed by atoms with van der Waals surface area (Å²) in [6.07, 6.45) is -0.876. The predicted molar refractivity (Wildman–Crippen MR) is 58.5 cm³/mol. The monoisotopic (exact) mass is 252 g/mol. The lowest BCUT2D eigenvalue weighted by Crippen LogP contribution is -2.29. The fourth-order valence-electron chi connectivity index (χ4n) is 1.55. The van der Waals surface area contributed by atoms with Crippen LogP contribution in [0.5, 0.6) is 5.75 Å². The highest BCUT2D eigenvalue weighted by atomic mass is 16.6. The van der Waals surface area contributed by atoms with E-state index in [0.717, 1.165) is 6.07 Å². The number of carbonyl (C=O) groups excluding carboxylic acids is 2. The van der Waals surface area contributed by atoms with E-state index in [1.54, 1.807) is 0 Å². The number of carbonyl (C=O) groups is 2. The minimum Gasteiger partial charge on any atom is -0.495 e. The van der Waals surface area contributed by atoms with E-state index in [1.807, 2.05) is 0 Å². The Kier molecular flexibility index (Phi) is 2.84. The van der Waals surface area contributed by atoms with Gasteiger partial charge in [-0.05, 0) is 6.07 Å². The van der Waals surface area contributed by atoms with Crippen LogP contribution in [0.25, 0.3) is 0 Å². The van der Waals surface area contributed by atoms with Crippen LogP contribution in [0.4, 0.5) is 16.2 Å². The van der Waals surface area contributed by atoms with E-state index in [-0.39, 0.29) is 23.7 Å². The number of hydrogen-bond donors (Lipinski definition) is 0. The molecule has 1 saturated heterocycles. The molecular weight excluding hydrogens is 244 g/mol. The molecule has 0 unspecified atom stereocenters. The average Bonchev–Trinajstić information content (AvgIpc) is 2.68. The van der Waals surface area contributed by atoms with Gasteiger partial charge in [0.25, 0.3) is 11.6 Å². The molecule has 8 heteroatoms. The minimum absolute atomic E-state index is 0.000741. The molecule has 2 amide bonds. The number of nitro groups is 1. The first-order valence-corrected chi connectivity index (χ1v) is 4.86. The number of hydrogen-bond acceptors (Lipinski definition) is 6. The Morgan fingerprint density at radius 2 is 2.17 bits per heavy atom. The number of cyclic esters (lactones) is 1. The van der Waals surface area contributed by atoms with Gasteiger partial charge in [0.05, 0.1) is 12.0 Å². The van der Waals surface area contributed by atoms with E-state index < -0.39 is 16.9 Å². The third-order valence-electron chi connectivity index (χ3n) is 2.37. The zero-order valence-electron chi connectivity index (χ0n) is 9.28. The van der Waals surface area contributed by atoms with Crippen molar-refractivity contribution in [1.29, 1.82) is 0 Å². The standard InChI is InChI=1S/C10H8N2O6/c1-17-8-3-2-6(12(15)16)4-7(8)11-9(13)5-18-10(11)14/h2-4H,5H2,1H3. The third-order valence-corrected chi connectivity index (χ3v) is 2.37. The summed E-state index contributed by atoms with van der Waals surface area (Å²) in [7, 11) is 1.33. The van der Waals surface area contributed by atoms with Gasteiger partial charge in [-0.15, -0.1) is 0 Å². The summed E-state index contributed by atoms with van der Waals surface area (Å²) in [5, 5.41) is 10.7. The summed E-state index contributed by atoms with van der Waals surface area (Å²) in [6, 6.07) is 3.61. The molecule has 1 aliphatic heterocycles. The number of imide groups is 1. The zero-order chi connectivity index (χ0) is 13.3. The topological polar surface area (TPSA) is 99.0 Å². The predicted octanol–water partition coefficient (Wildman–Crippen LogP) is 1.09. The molecule has 0 spiro atoms. The number of benzene rings is 1. The number of non-ortho nitro benzene ring substituents is 1. The second kappa shape index (κ2) is 4.32. The maximum absolute atomic E-state index is 11.5. The Morgan fingerprint density at radius 1 is 1.44 bits per heavy atom. The van der Waals surface area contributed by atoms with E-state index in [2.05, 4.69) is 4.74 Å². The van der Waals surface area contributed by atoms with Crippen LogP contribution in [0.15, 0.2) is 18.2 Å². The second-order valence-corrected chi connectivity index (χ2v) is 3.40. The molecule has 1 aromatic carbocycles. The Labute approximate surface area is 101 Å². The number of nitrogens with zero attached hydrogens (tertiary/aromatic N) is 2. The summed E-state index contributed by atoms with van der Waals surface area (Å²) in [6.45, 7) is -0.384. The minimum atomic E-state index is -0.876. The van der Waals surface area contributed by atoms with Gasteiger partial charge in [0, 0.05) is 12.1 Å². The van der Waals surface area contributed by atoms with E-state index >= 15 is 0 Å². The molecule has 8 nitrogen and oxygen atoms in total.